The molecule has 0 aromatic carbocycles. The Labute approximate surface area is 128 Å². The molecule has 4 rings (SSSR count). The van der Waals surface area contributed by atoms with Gasteiger partial charge in [0.1, 0.15) is 11.6 Å². The van der Waals surface area contributed by atoms with Gasteiger partial charge in [-0.05, 0) is 32.6 Å². The smallest absolute Gasteiger partial charge is 0.149 e. The van der Waals surface area contributed by atoms with E-state index in [1.165, 1.54) is 30.7 Å². The number of hydrogen-bond acceptors (Lipinski definition) is 5. The standard InChI is InChI=1S/C15H21N5S/c1-10(14-19-18-13-4-2-3-7-20(13)14)16-8-12-9-21-15(17-12)11-5-6-11/h9-11,16H,2-8H2,1H3/t10-/m0/s1. The lowest BCUT2D eigenvalue weighted by Crippen LogP contribution is -2.23. The van der Waals surface area contributed by atoms with Gasteiger partial charge in [0.2, 0.25) is 0 Å². The number of aromatic nitrogens is 4. The summed E-state index contributed by atoms with van der Waals surface area (Å²) in [5, 5.41) is 15.8. The van der Waals surface area contributed by atoms with Gasteiger partial charge in [-0.1, -0.05) is 0 Å². The van der Waals surface area contributed by atoms with Crippen LogP contribution in [0.15, 0.2) is 5.38 Å². The van der Waals surface area contributed by atoms with Crippen molar-refractivity contribution in [1.82, 2.24) is 25.1 Å². The number of aryl methyl sites for hydroxylation is 1. The summed E-state index contributed by atoms with van der Waals surface area (Å²) in [5.74, 6) is 2.97. The van der Waals surface area contributed by atoms with Crippen LogP contribution in [0.1, 0.15) is 66.9 Å². The first-order valence-electron chi connectivity index (χ1n) is 7.91. The molecule has 2 aromatic heterocycles. The van der Waals surface area contributed by atoms with Crippen molar-refractivity contribution < 1.29 is 0 Å². The van der Waals surface area contributed by atoms with Crippen LogP contribution in [-0.4, -0.2) is 19.7 Å². The molecule has 1 aliphatic carbocycles. The maximum absolute atomic E-state index is 4.73. The number of hydrogen-bond donors (Lipinski definition) is 1. The van der Waals surface area contributed by atoms with Gasteiger partial charge >= 0.3 is 0 Å². The van der Waals surface area contributed by atoms with Crippen LogP contribution in [0.25, 0.3) is 0 Å². The van der Waals surface area contributed by atoms with E-state index in [0.717, 1.165) is 42.8 Å². The minimum Gasteiger partial charge on any atom is -0.314 e. The molecule has 1 fully saturated rings. The number of nitrogens with zero attached hydrogens (tertiary/aromatic N) is 4. The van der Waals surface area contributed by atoms with Gasteiger partial charge in [0.05, 0.1) is 16.7 Å². The van der Waals surface area contributed by atoms with Crippen LogP contribution in [0.4, 0.5) is 0 Å². The Bertz CT molecular complexity index is 628. The van der Waals surface area contributed by atoms with E-state index < -0.39 is 0 Å². The van der Waals surface area contributed by atoms with Crippen molar-refractivity contribution in [2.45, 2.75) is 64.1 Å². The third-order valence-corrected chi connectivity index (χ3v) is 5.42. The lowest BCUT2D eigenvalue weighted by Gasteiger charge is -2.18. The third kappa shape index (κ3) is 2.74. The van der Waals surface area contributed by atoms with Gasteiger partial charge in [-0.25, -0.2) is 4.98 Å². The highest BCUT2D eigenvalue weighted by Crippen LogP contribution is 2.41. The molecule has 112 valence electrons. The molecule has 1 aliphatic heterocycles. The van der Waals surface area contributed by atoms with Crippen LogP contribution in [0, 0.1) is 0 Å². The molecule has 1 N–H and O–H groups in total. The first-order chi connectivity index (χ1) is 10.3. The van der Waals surface area contributed by atoms with Crippen LogP contribution in [-0.2, 0) is 19.5 Å². The SMILES string of the molecule is C[C@H](NCc1csc(C2CC2)n1)c1nnc2n1CCCC2. The third-order valence-electron chi connectivity index (χ3n) is 4.36. The molecule has 2 aliphatic rings. The Balaban J connectivity index is 1.40. The molecule has 0 saturated heterocycles. The van der Waals surface area contributed by atoms with Gasteiger partial charge in [-0.15, -0.1) is 21.5 Å². The summed E-state index contributed by atoms with van der Waals surface area (Å²) < 4.78 is 2.29. The Morgan fingerprint density at radius 2 is 2.29 bits per heavy atom. The molecule has 2 aromatic rings. The van der Waals surface area contributed by atoms with E-state index in [2.05, 4.69) is 32.4 Å². The fourth-order valence-electron chi connectivity index (χ4n) is 2.92. The quantitative estimate of drug-likeness (QED) is 0.923. The van der Waals surface area contributed by atoms with Crippen molar-refractivity contribution in [3.63, 3.8) is 0 Å². The number of fused-ring (bicyclic) bond motifs is 1. The van der Waals surface area contributed by atoms with Gasteiger partial charge in [0.15, 0.2) is 0 Å². The van der Waals surface area contributed by atoms with E-state index in [1.54, 1.807) is 0 Å². The molecule has 3 heterocycles. The van der Waals surface area contributed by atoms with Crippen molar-refractivity contribution >= 4 is 11.3 Å². The van der Waals surface area contributed by atoms with Crippen molar-refractivity contribution in [1.29, 1.82) is 0 Å². The summed E-state index contributed by atoms with van der Waals surface area (Å²) in [5.41, 5.74) is 1.16. The second-order valence-corrected chi connectivity index (χ2v) is 7.03. The molecular weight excluding hydrogens is 282 g/mol. The first-order valence-corrected chi connectivity index (χ1v) is 8.79. The maximum Gasteiger partial charge on any atom is 0.149 e. The van der Waals surface area contributed by atoms with Gasteiger partial charge < -0.3 is 9.88 Å². The molecule has 6 heteroatoms. The van der Waals surface area contributed by atoms with E-state index in [0.29, 0.717) is 0 Å². The zero-order valence-electron chi connectivity index (χ0n) is 12.4. The highest BCUT2D eigenvalue weighted by molar-refractivity contribution is 7.09. The summed E-state index contributed by atoms with van der Waals surface area (Å²) in [7, 11) is 0. The van der Waals surface area contributed by atoms with Crippen LogP contribution in [0.3, 0.4) is 0 Å². The largest absolute Gasteiger partial charge is 0.314 e. The highest BCUT2D eigenvalue weighted by atomic mass is 32.1. The first kappa shape index (κ1) is 13.4. The molecule has 1 saturated carbocycles. The molecule has 0 amide bonds. The minimum atomic E-state index is 0.218. The molecule has 1 atom stereocenters. The Kier molecular flexibility index (Phi) is 3.51. The Hall–Kier alpha value is -1.27. The van der Waals surface area contributed by atoms with Crippen LogP contribution >= 0.6 is 11.3 Å². The molecule has 5 nitrogen and oxygen atoms in total. The normalized spacial score (nSPS) is 19.5. The molecule has 21 heavy (non-hydrogen) atoms. The fourth-order valence-corrected chi connectivity index (χ4v) is 3.91. The average molecular weight is 303 g/mol. The van der Waals surface area contributed by atoms with Crippen LogP contribution < -0.4 is 5.32 Å². The Morgan fingerprint density at radius 3 is 3.14 bits per heavy atom. The second kappa shape index (κ2) is 5.50. The summed E-state index contributed by atoms with van der Waals surface area (Å²) >= 11 is 1.81. The van der Waals surface area contributed by atoms with Crippen LogP contribution in [0.5, 0.6) is 0 Å². The average Bonchev–Trinajstić information content (AvgIpc) is 3.10. The predicted octanol–water partition coefficient (Wildman–Crippen LogP) is 2.80. The summed E-state index contributed by atoms with van der Waals surface area (Å²) in [6.07, 6.45) is 6.19. The van der Waals surface area contributed by atoms with E-state index in [1.807, 2.05) is 11.3 Å². The predicted molar refractivity (Wildman–Crippen MR) is 82.3 cm³/mol. The maximum atomic E-state index is 4.73. The zero-order valence-corrected chi connectivity index (χ0v) is 13.2. The van der Waals surface area contributed by atoms with E-state index in [-0.39, 0.29) is 6.04 Å². The van der Waals surface area contributed by atoms with Gasteiger partial charge in [-0.2, -0.15) is 0 Å². The molecule has 0 spiro atoms. The second-order valence-electron chi connectivity index (χ2n) is 6.14. The lowest BCUT2D eigenvalue weighted by molar-refractivity contribution is 0.464. The summed E-state index contributed by atoms with van der Waals surface area (Å²) in [4.78, 5) is 4.73. The summed E-state index contributed by atoms with van der Waals surface area (Å²) in [6, 6.07) is 0.218. The van der Waals surface area contributed by atoms with Crippen LogP contribution in [0.2, 0.25) is 0 Å². The monoisotopic (exact) mass is 303 g/mol. The van der Waals surface area contributed by atoms with E-state index in [9.17, 15) is 0 Å². The molecule has 0 unspecified atom stereocenters. The van der Waals surface area contributed by atoms with Crippen molar-refractivity contribution in [2.24, 2.45) is 0 Å². The minimum absolute atomic E-state index is 0.218. The topological polar surface area (TPSA) is 55.6 Å². The van der Waals surface area contributed by atoms with Gasteiger partial charge in [0, 0.05) is 30.8 Å². The van der Waals surface area contributed by atoms with Gasteiger partial charge in [0.25, 0.3) is 0 Å². The van der Waals surface area contributed by atoms with Crippen molar-refractivity contribution in [3.8, 4) is 0 Å². The molecule has 0 radical (unpaired) electrons. The van der Waals surface area contributed by atoms with E-state index >= 15 is 0 Å². The van der Waals surface area contributed by atoms with Crippen molar-refractivity contribution in [3.05, 3.63) is 27.7 Å². The van der Waals surface area contributed by atoms with E-state index in [4.69, 9.17) is 4.98 Å². The van der Waals surface area contributed by atoms with Gasteiger partial charge in [-0.3, -0.25) is 0 Å². The van der Waals surface area contributed by atoms with Crippen molar-refractivity contribution in [2.75, 3.05) is 0 Å². The number of rotatable bonds is 5. The molecular formula is C15H21N5S. The molecule has 0 bridgehead atoms. The summed E-state index contributed by atoms with van der Waals surface area (Å²) in [6.45, 7) is 4.04. The number of nitrogens with one attached hydrogen (secondary N) is 1. The number of thiazole rings is 1. The fraction of sp³-hybridized carbons (Fsp3) is 0.667. The highest BCUT2D eigenvalue weighted by Gasteiger charge is 2.26. The lowest BCUT2D eigenvalue weighted by atomic mass is 10.1. The Morgan fingerprint density at radius 1 is 1.38 bits per heavy atom. The zero-order chi connectivity index (χ0) is 14.2.